The second kappa shape index (κ2) is 8.83. The van der Waals surface area contributed by atoms with Crippen LogP contribution in [-0.2, 0) is 0 Å². The van der Waals surface area contributed by atoms with Crippen molar-refractivity contribution in [2.75, 3.05) is 0 Å². The van der Waals surface area contributed by atoms with Crippen molar-refractivity contribution in [2.45, 2.75) is 52.4 Å². The smallest absolute Gasteiger partial charge is 0.0322 e. The molecule has 0 aromatic rings. The lowest BCUT2D eigenvalue weighted by molar-refractivity contribution is 0.456. The third kappa shape index (κ3) is 6.45. The summed E-state index contributed by atoms with van der Waals surface area (Å²) in [6.07, 6.45) is 12.1. The Bertz CT molecular complexity index is 103. The zero-order valence-electron chi connectivity index (χ0n) is 8.68. The minimum atomic E-state index is 0.910. The highest BCUT2D eigenvalue weighted by molar-refractivity contribution is 4.84. The summed E-state index contributed by atoms with van der Waals surface area (Å²) in [5.74, 6) is 0.910. The number of rotatable bonds is 7. The molecule has 0 spiro atoms. The summed E-state index contributed by atoms with van der Waals surface area (Å²) < 4.78 is 0. The normalized spacial score (nSPS) is 13.9. The Morgan fingerprint density at radius 3 is 2.50 bits per heavy atom. The van der Waals surface area contributed by atoms with E-state index in [1.807, 2.05) is 0 Å². The van der Waals surface area contributed by atoms with Gasteiger partial charge in [0, 0.05) is 0 Å². The molecule has 71 valence electrons. The Labute approximate surface area is 78.1 Å². The van der Waals surface area contributed by atoms with Crippen LogP contribution in [-0.4, -0.2) is 0 Å². The van der Waals surface area contributed by atoms with Gasteiger partial charge in [0.1, 0.15) is 0 Å². The number of hydrogen-bond acceptors (Lipinski definition) is 0. The maximum Gasteiger partial charge on any atom is -0.0322 e. The van der Waals surface area contributed by atoms with Crippen LogP contribution >= 0.6 is 0 Å². The largest absolute Gasteiger partial charge is 0.0885 e. The van der Waals surface area contributed by atoms with Crippen LogP contribution < -0.4 is 0 Å². The first kappa shape index (κ1) is 11.7. The van der Waals surface area contributed by atoms with Crippen molar-refractivity contribution in [1.82, 2.24) is 0 Å². The highest BCUT2D eigenvalue weighted by Crippen LogP contribution is 2.16. The molecule has 0 heteroatoms. The molecule has 0 fully saturated rings. The van der Waals surface area contributed by atoms with E-state index in [9.17, 15) is 0 Å². The van der Waals surface area contributed by atoms with Crippen LogP contribution in [0.25, 0.3) is 0 Å². The molecule has 0 heterocycles. The van der Waals surface area contributed by atoms with Gasteiger partial charge in [-0.15, -0.1) is 0 Å². The lowest BCUT2D eigenvalue weighted by atomic mass is 9.96. The van der Waals surface area contributed by atoms with E-state index >= 15 is 0 Å². The molecule has 0 aliphatic rings. The van der Waals surface area contributed by atoms with Crippen LogP contribution in [0.4, 0.5) is 0 Å². The average molecular weight is 167 g/mol. The van der Waals surface area contributed by atoms with E-state index in [0.29, 0.717) is 0 Å². The average Bonchev–Trinajstić information content (AvgIpc) is 2.11. The van der Waals surface area contributed by atoms with Crippen LogP contribution in [0, 0.1) is 12.8 Å². The monoisotopic (exact) mass is 167 g/mol. The maximum atomic E-state index is 3.78. The summed E-state index contributed by atoms with van der Waals surface area (Å²) in [5.41, 5.74) is 0. The summed E-state index contributed by atoms with van der Waals surface area (Å²) in [5, 5.41) is 0. The van der Waals surface area contributed by atoms with Gasteiger partial charge in [-0.1, -0.05) is 51.7 Å². The molecular formula is C12H23. The standard InChI is InChI=1S/C12H23/c1-4-7-9-11-12(6-3)10-8-5-2/h7,9,12H,1,4-6,8,10-11H2,2-3H3. The van der Waals surface area contributed by atoms with Gasteiger partial charge >= 0.3 is 0 Å². The Kier molecular flexibility index (Phi) is 8.64. The van der Waals surface area contributed by atoms with E-state index in [1.54, 1.807) is 0 Å². The molecule has 12 heavy (non-hydrogen) atoms. The molecule has 0 aliphatic carbocycles. The molecule has 0 aliphatic heterocycles. The van der Waals surface area contributed by atoms with Crippen molar-refractivity contribution in [1.29, 1.82) is 0 Å². The summed E-state index contributed by atoms with van der Waals surface area (Å²) in [6, 6.07) is 0. The third-order valence-corrected chi connectivity index (χ3v) is 2.35. The molecule has 0 rings (SSSR count). The highest BCUT2D eigenvalue weighted by atomic mass is 14.1. The van der Waals surface area contributed by atoms with E-state index < -0.39 is 0 Å². The van der Waals surface area contributed by atoms with Crippen LogP contribution in [0.15, 0.2) is 12.2 Å². The molecule has 0 saturated heterocycles. The van der Waals surface area contributed by atoms with Crippen molar-refractivity contribution in [3.05, 3.63) is 19.1 Å². The van der Waals surface area contributed by atoms with Crippen molar-refractivity contribution in [3.8, 4) is 0 Å². The van der Waals surface area contributed by atoms with Crippen LogP contribution in [0.1, 0.15) is 52.4 Å². The second-order valence-electron chi connectivity index (χ2n) is 3.41. The van der Waals surface area contributed by atoms with Gasteiger partial charge in [-0.25, -0.2) is 0 Å². The lowest BCUT2D eigenvalue weighted by Crippen LogP contribution is -1.96. The molecule has 0 nitrogen and oxygen atoms in total. The van der Waals surface area contributed by atoms with Crippen molar-refractivity contribution >= 4 is 0 Å². The van der Waals surface area contributed by atoms with E-state index in [1.165, 1.54) is 32.1 Å². The first-order valence-corrected chi connectivity index (χ1v) is 5.29. The van der Waals surface area contributed by atoms with Crippen LogP contribution in [0.5, 0.6) is 0 Å². The van der Waals surface area contributed by atoms with Gasteiger partial charge in [-0.3, -0.25) is 0 Å². The Morgan fingerprint density at radius 2 is 2.00 bits per heavy atom. The maximum absolute atomic E-state index is 3.78. The molecular weight excluding hydrogens is 144 g/mol. The molecule has 1 unspecified atom stereocenters. The van der Waals surface area contributed by atoms with E-state index in [4.69, 9.17) is 0 Å². The van der Waals surface area contributed by atoms with Gasteiger partial charge in [0.15, 0.2) is 0 Å². The second-order valence-corrected chi connectivity index (χ2v) is 3.41. The third-order valence-electron chi connectivity index (χ3n) is 2.35. The minimum Gasteiger partial charge on any atom is -0.0885 e. The fourth-order valence-corrected chi connectivity index (χ4v) is 1.39. The van der Waals surface area contributed by atoms with Gasteiger partial charge in [-0.2, -0.15) is 0 Å². The molecule has 1 radical (unpaired) electrons. The zero-order chi connectivity index (χ0) is 9.23. The van der Waals surface area contributed by atoms with Gasteiger partial charge < -0.3 is 0 Å². The summed E-state index contributed by atoms with van der Waals surface area (Å²) >= 11 is 0. The Hall–Kier alpha value is -0.260. The van der Waals surface area contributed by atoms with Crippen molar-refractivity contribution in [2.24, 2.45) is 5.92 Å². The van der Waals surface area contributed by atoms with Crippen LogP contribution in [0.2, 0.25) is 0 Å². The highest BCUT2D eigenvalue weighted by Gasteiger charge is 2.01. The lowest BCUT2D eigenvalue weighted by Gasteiger charge is -2.10. The fraction of sp³-hybridized carbons (Fsp3) is 0.750. The van der Waals surface area contributed by atoms with Gasteiger partial charge in [-0.05, 0) is 25.7 Å². The summed E-state index contributed by atoms with van der Waals surface area (Å²) in [4.78, 5) is 0. The Morgan fingerprint density at radius 1 is 1.25 bits per heavy atom. The number of allylic oxidation sites excluding steroid dienone is 2. The quantitative estimate of drug-likeness (QED) is 0.494. The first-order valence-electron chi connectivity index (χ1n) is 5.29. The predicted molar refractivity (Wildman–Crippen MR) is 57.0 cm³/mol. The van der Waals surface area contributed by atoms with Gasteiger partial charge in [0.05, 0.1) is 0 Å². The summed E-state index contributed by atoms with van der Waals surface area (Å²) in [6.45, 7) is 8.34. The van der Waals surface area contributed by atoms with Crippen molar-refractivity contribution < 1.29 is 0 Å². The van der Waals surface area contributed by atoms with E-state index in [-0.39, 0.29) is 0 Å². The minimum absolute atomic E-state index is 0.910. The molecule has 0 aromatic heterocycles. The van der Waals surface area contributed by atoms with E-state index in [0.717, 1.165) is 12.3 Å². The molecule has 0 N–H and O–H groups in total. The van der Waals surface area contributed by atoms with Crippen molar-refractivity contribution in [3.63, 3.8) is 0 Å². The summed E-state index contributed by atoms with van der Waals surface area (Å²) in [7, 11) is 0. The Balaban J connectivity index is 3.45. The fourth-order valence-electron chi connectivity index (χ4n) is 1.39. The SMILES string of the molecule is [CH2]CC=CCC(CC)CCCC. The molecule has 0 aromatic carbocycles. The van der Waals surface area contributed by atoms with E-state index in [2.05, 4.69) is 32.9 Å². The molecule has 1 atom stereocenters. The first-order chi connectivity index (χ1) is 5.85. The zero-order valence-corrected chi connectivity index (χ0v) is 8.68. The number of hydrogen-bond donors (Lipinski definition) is 0. The topological polar surface area (TPSA) is 0 Å². The van der Waals surface area contributed by atoms with Gasteiger partial charge in [0.25, 0.3) is 0 Å². The number of unbranched alkanes of at least 4 members (excludes halogenated alkanes) is 1. The van der Waals surface area contributed by atoms with Gasteiger partial charge in [0.2, 0.25) is 0 Å². The molecule has 0 saturated carbocycles. The van der Waals surface area contributed by atoms with Crippen LogP contribution in [0.3, 0.4) is 0 Å². The predicted octanol–water partition coefficient (Wildman–Crippen LogP) is 4.37. The molecule has 0 amide bonds. The molecule has 0 bridgehead atoms.